The predicted molar refractivity (Wildman–Crippen MR) is 115 cm³/mol. The van der Waals surface area contributed by atoms with Crippen LogP contribution in [0.3, 0.4) is 0 Å². The third-order valence-electron chi connectivity index (χ3n) is 4.92. The first-order valence-corrected chi connectivity index (χ1v) is 10.7. The second kappa shape index (κ2) is 8.52. The number of H-pyrrole nitrogens is 1. The maximum Gasteiger partial charge on any atom is 0.409 e. The summed E-state index contributed by atoms with van der Waals surface area (Å²) in [7, 11) is 0. The van der Waals surface area contributed by atoms with Crippen molar-refractivity contribution in [2.24, 2.45) is 0 Å². The molecule has 152 valence electrons. The Hall–Kier alpha value is -2.42. The van der Waals surface area contributed by atoms with Crippen LogP contribution < -0.4 is 5.56 Å². The lowest BCUT2D eigenvalue weighted by Crippen LogP contribution is -2.48. The maximum absolute atomic E-state index is 12.8. The molecule has 1 aromatic carbocycles. The van der Waals surface area contributed by atoms with Crippen LogP contribution in [-0.2, 0) is 11.3 Å². The molecule has 1 saturated heterocycles. The standard InChI is InChI=1S/C20H21ClN4O3S/c1-2-28-20(27)25-9-7-24(8-10-25)11-16-22-18(26)17-15(12-29-19(17)23-16)13-3-5-14(21)6-4-13/h3-6,12H,2,7-11H2,1H3,(H,22,23,26). The molecule has 7 nitrogen and oxygen atoms in total. The molecule has 1 fully saturated rings. The Balaban J connectivity index is 1.50. The van der Waals surface area contributed by atoms with Gasteiger partial charge < -0.3 is 14.6 Å². The number of ether oxygens (including phenoxy) is 1. The molecule has 0 unspecified atom stereocenters. The van der Waals surface area contributed by atoms with Gasteiger partial charge in [-0.1, -0.05) is 23.7 Å². The molecule has 2 aromatic heterocycles. The van der Waals surface area contributed by atoms with Crippen LogP contribution in [-0.4, -0.2) is 58.6 Å². The third kappa shape index (κ3) is 4.29. The van der Waals surface area contributed by atoms with Gasteiger partial charge in [0.2, 0.25) is 0 Å². The number of rotatable bonds is 4. The van der Waals surface area contributed by atoms with E-state index in [1.54, 1.807) is 11.8 Å². The van der Waals surface area contributed by atoms with Gasteiger partial charge in [-0.2, -0.15) is 0 Å². The molecule has 1 amide bonds. The zero-order valence-electron chi connectivity index (χ0n) is 16.0. The summed E-state index contributed by atoms with van der Waals surface area (Å²) in [5.41, 5.74) is 1.67. The largest absolute Gasteiger partial charge is 0.450 e. The van der Waals surface area contributed by atoms with E-state index in [4.69, 9.17) is 16.3 Å². The van der Waals surface area contributed by atoms with Crippen molar-refractivity contribution in [1.82, 2.24) is 19.8 Å². The molecule has 0 aliphatic carbocycles. The van der Waals surface area contributed by atoms with Crippen molar-refractivity contribution >= 4 is 39.2 Å². The highest BCUT2D eigenvalue weighted by Crippen LogP contribution is 2.31. The van der Waals surface area contributed by atoms with Gasteiger partial charge in [0, 0.05) is 42.1 Å². The van der Waals surface area contributed by atoms with E-state index in [2.05, 4.69) is 14.9 Å². The number of aromatic nitrogens is 2. The van der Waals surface area contributed by atoms with Crippen LogP contribution in [0.4, 0.5) is 4.79 Å². The minimum atomic E-state index is -0.270. The summed E-state index contributed by atoms with van der Waals surface area (Å²) in [5, 5.41) is 3.22. The van der Waals surface area contributed by atoms with Crippen LogP contribution in [0, 0.1) is 0 Å². The van der Waals surface area contributed by atoms with E-state index in [-0.39, 0.29) is 11.7 Å². The summed E-state index contributed by atoms with van der Waals surface area (Å²) in [6.07, 6.45) is -0.270. The normalized spacial score (nSPS) is 15.0. The minimum absolute atomic E-state index is 0.138. The second-order valence-corrected chi connectivity index (χ2v) is 8.11. The molecular formula is C20H21ClN4O3S. The number of nitrogens with zero attached hydrogens (tertiary/aromatic N) is 3. The molecule has 3 aromatic rings. The quantitative estimate of drug-likeness (QED) is 0.681. The molecule has 0 saturated carbocycles. The first-order valence-electron chi connectivity index (χ1n) is 9.45. The fourth-order valence-corrected chi connectivity index (χ4v) is 4.52. The van der Waals surface area contributed by atoms with Gasteiger partial charge in [0.15, 0.2) is 0 Å². The Kier molecular flexibility index (Phi) is 5.84. The number of amides is 1. The molecule has 9 heteroatoms. The van der Waals surface area contributed by atoms with E-state index in [0.717, 1.165) is 16.0 Å². The lowest BCUT2D eigenvalue weighted by molar-refractivity contribution is 0.0772. The number of benzene rings is 1. The first-order chi connectivity index (χ1) is 14.0. The number of hydrogen-bond acceptors (Lipinski definition) is 6. The zero-order chi connectivity index (χ0) is 20.4. The Bertz CT molecular complexity index is 1070. The maximum atomic E-state index is 12.8. The van der Waals surface area contributed by atoms with Crippen LogP contribution in [0.25, 0.3) is 21.3 Å². The number of fused-ring (bicyclic) bond motifs is 1. The van der Waals surface area contributed by atoms with Crippen LogP contribution >= 0.6 is 22.9 Å². The van der Waals surface area contributed by atoms with Crippen molar-refractivity contribution in [3.8, 4) is 11.1 Å². The molecule has 0 atom stereocenters. The highest BCUT2D eigenvalue weighted by atomic mass is 35.5. The van der Waals surface area contributed by atoms with E-state index in [1.807, 2.05) is 29.6 Å². The van der Waals surface area contributed by atoms with Crippen molar-refractivity contribution in [2.45, 2.75) is 13.5 Å². The number of piperazine rings is 1. The Morgan fingerprint density at radius 2 is 1.97 bits per heavy atom. The molecule has 0 bridgehead atoms. The van der Waals surface area contributed by atoms with Crippen molar-refractivity contribution in [3.05, 3.63) is 50.8 Å². The van der Waals surface area contributed by atoms with Gasteiger partial charge in [-0.15, -0.1) is 11.3 Å². The number of halogens is 1. The number of thiophene rings is 1. The zero-order valence-corrected chi connectivity index (χ0v) is 17.6. The predicted octanol–water partition coefficient (Wildman–Crippen LogP) is 3.58. The van der Waals surface area contributed by atoms with Gasteiger partial charge in [0.05, 0.1) is 18.5 Å². The smallest absolute Gasteiger partial charge is 0.409 e. The lowest BCUT2D eigenvalue weighted by Gasteiger charge is -2.33. The monoisotopic (exact) mass is 432 g/mol. The molecule has 0 radical (unpaired) electrons. The van der Waals surface area contributed by atoms with Crippen molar-refractivity contribution in [2.75, 3.05) is 32.8 Å². The fraction of sp³-hybridized carbons (Fsp3) is 0.350. The van der Waals surface area contributed by atoms with Gasteiger partial charge in [0.1, 0.15) is 10.7 Å². The highest BCUT2D eigenvalue weighted by Gasteiger charge is 2.23. The lowest BCUT2D eigenvalue weighted by atomic mass is 10.1. The molecule has 1 aliphatic rings. The van der Waals surface area contributed by atoms with Crippen LogP contribution in [0.1, 0.15) is 12.7 Å². The Morgan fingerprint density at radius 1 is 1.24 bits per heavy atom. The molecule has 1 aliphatic heterocycles. The second-order valence-electron chi connectivity index (χ2n) is 6.81. The SMILES string of the molecule is CCOC(=O)N1CCN(Cc2nc3scc(-c4ccc(Cl)cc4)c3c(=O)[nH]2)CC1. The number of nitrogens with one attached hydrogen (secondary N) is 1. The van der Waals surface area contributed by atoms with E-state index >= 15 is 0 Å². The van der Waals surface area contributed by atoms with Crippen LogP contribution in [0.5, 0.6) is 0 Å². The molecular weight excluding hydrogens is 412 g/mol. The molecule has 4 rings (SSSR count). The molecule has 3 heterocycles. The van der Waals surface area contributed by atoms with Gasteiger partial charge in [-0.3, -0.25) is 9.69 Å². The van der Waals surface area contributed by atoms with Gasteiger partial charge in [-0.05, 0) is 24.6 Å². The minimum Gasteiger partial charge on any atom is -0.450 e. The summed E-state index contributed by atoms with van der Waals surface area (Å²) >= 11 is 7.43. The molecule has 1 N–H and O–H groups in total. The number of carbonyl (C=O) groups excluding carboxylic acids is 1. The first kappa shape index (κ1) is 19.9. The molecule has 29 heavy (non-hydrogen) atoms. The Labute approximate surface area is 176 Å². The van der Waals surface area contributed by atoms with Gasteiger partial charge in [0.25, 0.3) is 5.56 Å². The number of hydrogen-bond donors (Lipinski definition) is 1. The van der Waals surface area contributed by atoms with Crippen LogP contribution in [0.2, 0.25) is 5.02 Å². The van der Waals surface area contributed by atoms with E-state index in [0.29, 0.717) is 55.6 Å². The third-order valence-corrected chi connectivity index (χ3v) is 6.04. The summed E-state index contributed by atoms with van der Waals surface area (Å²) in [4.78, 5) is 36.8. The highest BCUT2D eigenvalue weighted by molar-refractivity contribution is 7.17. The summed E-state index contributed by atoms with van der Waals surface area (Å²) in [6, 6.07) is 7.43. The summed E-state index contributed by atoms with van der Waals surface area (Å²) in [6.45, 7) is 5.34. The average Bonchev–Trinajstić information content (AvgIpc) is 3.14. The summed E-state index contributed by atoms with van der Waals surface area (Å²) < 4.78 is 5.05. The van der Waals surface area contributed by atoms with Crippen molar-refractivity contribution in [1.29, 1.82) is 0 Å². The topological polar surface area (TPSA) is 78.5 Å². The molecule has 0 spiro atoms. The van der Waals surface area contributed by atoms with Crippen molar-refractivity contribution < 1.29 is 9.53 Å². The van der Waals surface area contributed by atoms with Gasteiger partial charge in [-0.25, -0.2) is 9.78 Å². The summed E-state index contributed by atoms with van der Waals surface area (Å²) in [5.74, 6) is 0.636. The Morgan fingerprint density at radius 3 is 2.66 bits per heavy atom. The van der Waals surface area contributed by atoms with Crippen molar-refractivity contribution in [3.63, 3.8) is 0 Å². The van der Waals surface area contributed by atoms with E-state index in [1.165, 1.54) is 11.3 Å². The fourth-order valence-electron chi connectivity index (χ4n) is 3.43. The number of carbonyl (C=O) groups is 1. The number of aromatic amines is 1. The van der Waals surface area contributed by atoms with E-state index < -0.39 is 0 Å². The van der Waals surface area contributed by atoms with E-state index in [9.17, 15) is 9.59 Å². The average molecular weight is 433 g/mol. The van der Waals surface area contributed by atoms with Crippen LogP contribution in [0.15, 0.2) is 34.4 Å². The van der Waals surface area contributed by atoms with Gasteiger partial charge >= 0.3 is 6.09 Å².